The monoisotopic (exact) mass is 336 g/mol. The fourth-order valence-electron chi connectivity index (χ4n) is 2.33. The molecule has 1 unspecified atom stereocenters. The Kier molecular flexibility index (Phi) is 4.57. The lowest BCUT2D eigenvalue weighted by molar-refractivity contribution is -0.166. The van der Waals surface area contributed by atoms with Crippen molar-refractivity contribution in [3.63, 3.8) is 0 Å². The van der Waals surface area contributed by atoms with Crippen LogP contribution in [0.15, 0.2) is 24.3 Å². The SMILES string of the molecule is C[Si](C)(C)Oc1ccc(C2(OC(=O)CN)CC(=O)NC2=O)cc1. The summed E-state index contributed by atoms with van der Waals surface area (Å²) in [7, 11) is -1.76. The first-order valence-corrected chi connectivity index (χ1v) is 10.6. The van der Waals surface area contributed by atoms with Gasteiger partial charge in [-0.15, -0.1) is 0 Å². The third-order valence-corrected chi connectivity index (χ3v) is 4.08. The average molecular weight is 336 g/mol. The van der Waals surface area contributed by atoms with E-state index in [1.165, 1.54) is 0 Å². The molecule has 2 amide bonds. The summed E-state index contributed by atoms with van der Waals surface area (Å²) in [6.07, 6.45) is -0.258. The maximum Gasteiger partial charge on any atom is 0.321 e. The Morgan fingerprint density at radius 2 is 1.87 bits per heavy atom. The van der Waals surface area contributed by atoms with E-state index in [9.17, 15) is 14.4 Å². The average Bonchev–Trinajstić information content (AvgIpc) is 2.72. The highest BCUT2D eigenvalue weighted by Crippen LogP contribution is 2.35. The highest BCUT2D eigenvalue weighted by atomic mass is 28.4. The summed E-state index contributed by atoms with van der Waals surface area (Å²) >= 11 is 0. The summed E-state index contributed by atoms with van der Waals surface area (Å²) in [4.78, 5) is 35.4. The number of nitrogens with one attached hydrogen (secondary N) is 1. The molecule has 23 heavy (non-hydrogen) atoms. The van der Waals surface area contributed by atoms with E-state index < -0.39 is 31.7 Å². The van der Waals surface area contributed by atoms with Gasteiger partial charge in [0.1, 0.15) is 5.75 Å². The van der Waals surface area contributed by atoms with Gasteiger partial charge in [-0.25, -0.2) is 0 Å². The maximum atomic E-state index is 12.2. The second-order valence-corrected chi connectivity index (χ2v) is 10.7. The second-order valence-electron chi connectivity index (χ2n) is 6.30. The quantitative estimate of drug-likeness (QED) is 0.464. The van der Waals surface area contributed by atoms with Crippen LogP contribution in [0, 0.1) is 0 Å². The van der Waals surface area contributed by atoms with Crippen molar-refractivity contribution in [3.8, 4) is 5.75 Å². The van der Waals surface area contributed by atoms with Crippen LogP contribution in [0.2, 0.25) is 19.6 Å². The smallest absolute Gasteiger partial charge is 0.321 e. The molecule has 2 rings (SSSR count). The predicted molar refractivity (Wildman–Crippen MR) is 85.0 cm³/mol. The van der Waals surface area contributed by atoms with Crippen LogP contribution in [0.3, 0.4) is 0 Å². The van der Waals surface area contributed by atoms with E-state index in [1.54, 1.807) is 24.3 Å². The van der Waals surface area contributed by atoms with E-state index in [4.69, 9.17) is 14.9 Å². The lowest BCUT2D eigenvalue weighted by atomic mass is 9.91. The third kappa shape index (κ3) is 3.77. The van der Waals surface area contributed by atoms with Gasteiger partial charge in [-0.2, -0.15) is 0 Å². The molecule has 1 saturated heterocycles. The highest BCUT2D eigenvalue weighted by Gasteiger charge is 2.51. The summed E-state index contributed by atoms with van der Waals surface area (Å²) in [6, 6.07) is 6.64. The Hall–Kier alpha value is -2.19. The van der Waals surface area contributed by atoms with Crippen molar-refractivity contribution >= 4 is 26.1 Å². The zero-order valence-electron chi connectivity index (χ0n) is 13.3. The van der Waals surface area contributed by atoms with Crippen LogP contribution in [0.1, 0.15) is 12.0 Å². The minimum Gasteiger partial charge on any atom is -0.544 e. The topological polar surface area (TPSA) is 108 Å². The number of ether oxygens (including phenoxy) is 1. The lowest BCUT2D eigenvalue weighted by Gasteiger charge is -2.26. The van der Waals surface area contributed by atoms with Crippen molar-refractivity contribution in [1.29, 1.82) is 0 Å². The van der Waals surface area contributed by atoms with Gasteiger partial charge in [-0.3, -0.25) is 19.7 Å². The molecule has 3 N–H and O–H groups in total. The number of hydrogen-bond donors (Lipinski definition) is 2. The largest absolute Gasteiger partial charge is 0.544 e. The van der Waals surface area contributed by atoms with Crippen molar-refractivity contribution in [3.05, 3.63) is 29.8 Å². The number of benzene rings is 1. The lowest BCUT2D eigenvalue weighted by Crippen LogP contribution is -2.41. The molecule has 1 fully saturated rings. The summed E-state index contributed by atoms with van der Waals surface area (Å²) in [6.45, 7) is 5.78. The standard InChI is InChI=1S/C15H20N2O5Si/c1-23(2,3)22-11-6-4-10(5-7-11)15(21-13(19)9-16)8-12(18)17-14(15)20/h4-7H,8-9,16H2,1-3H3,(H,17,18,20). The van der Waals surface area contributed by atoms with Crippen molar-refractivity contribution in [1.82, 2.24) is 5.32 Å². The fourth-order valence-corrected chi connectivity index (χ4v) is 3.18. The van der Waals surface area contributed by atoms with Crippen LogP contribution in [0.4, 0.5) is 0 Å². The Balaban J connectivity index is 2.35. The molecule has 7 nitrogen and oxygen atoms in total. The number of nitrogens with two attached hydrogens (primary N) is 1. The number of amides is 2. The fraction of sp³-hybridized carbons (Fsp3) is 0.400. The maximum absolute atomic E-state index is 12.2. The van der Waals surface area contributed by atoms with Gasteiger partial charge >= 0.3 is 5.97 Å². The number of esters is 1. The molecular formula is C15H20N2O5Si. The van der Waals surface area contributed by atoms with Crippen molar-refractivity contribution < 1.29 is 23.5 Å². The highest BCUT2D eigenvalue weighted by molar-refractivity contribution is 6.70. The third-order valence-electron chi connectivity index (χ3n) is 3.23. The van der Waals surface area contributed by atoms with Gasteiger partial charge in [0.05, 0.1) is 13.0 Å². The second kappa shape index (κ2) is 6.13. The van der Waals surface area contributed by atoms with E-state index >= 15 is 0 Å². The molecule has 1 atom stereocenters. The minimum absolute atomic E-state index is 0.258. The summed E-state index contributed by atoms with van der Waals surface area (Å²) in [5, 5.41) is 2.17. The summed E-state index contributed by atoms with van der Waals surface area (Å²) < 4.78 is 11.1. The Labute approximate surface area is 135 Å². The van der Waals surface area contributed by atoms with Gasteiger partial charge in [0.15, 0.2) is 0 Å². The van der Waals surface area contributed by atoms with Gasteiger partial charge in [0.25, 0.3) is 5.91 Å². The van der Waals surface area contributed by atoms with Crippen molar-refractivity contribution in [2.45, 2.75) is 31.7 Å². The van der Waals surface area contributed by atoms with Gasteiger partial charge in [-0.1, -0.05) is 12.1 Å². The molecule has 1 heterocycles. The minimum atomic E-state index is -1.76. The number of hydrogen-bond acceptors (Lipinski definition) is 6. The van der Waals surface area contributed by atoms with E-state index in [0.717, 1.165) is 0 Å². The summed E-state index contributed by atoms with van der Waals surface area (Å²) in [5.41, 5.74) is 4.00. The molecule has 0 aliphatic carbocycles. The Morgan fingerprint density at radius 1 is 1.26 bits per heavy atom. The van der Waals surface area contributed by atoms with Crippen LogP contribution in [0.25, 0.3) is 0 Å². The zero-order chi connectivity index (χ0) is 17.3. The van der Waals surface area contributed by atoms with Crippen LogP contribution >= 0.6 is 0 Å². The van der Waals surface area contributed by atoms with Crippen LogP contribution in [-0.2, 0) is 24.7 Å². The molecule has 1 aliphatic rings. The van der Waals surface area contributed by atoms with Crippen LogP contribution in [0.5, 0.6) is 5.75 Å². The summed E-state index contributed by atoms with van der Waals surface area (Å²) in [5.74, 6) is -1.25. The normalized spacial score (nSPS) is 21.0. The Bertz CT molecular complexity index is 638. The first kappa shape index (κ1) is 17.2. The molecular weight excluding hydrogens is 316 g/mol. The van der Waals surface area contributed by atoms with Crippen molar-refractivity contribution in [2.75, 3.05) is 6.54 Å². The molecule has 0 bridgehead atoms. The van der Waals surface area contributed by atoms with E-state index in [0.29, 0.717) is 11.3 Å². The van der Waals surface area contributed by atoms with Crippen LogP contribution < -0.4 is 15.5 Å². The van der Waals surface area contributed by atoms with Gasteiger partial charge in [-0.05, 0) is 31.8 Å². The van der Waals surface area contributed by atoms with Crippen molar-refractivity contribution in [2.24, 2.45) is 5.73 Å². The van der Waals surface area contributed by atoms with E-state index in [2.05, 4.69) is 25.0 Å². The first-order chi connectivity index (χ1) is 10.7. The Morgan fingerprint density at radius 3 is 2.30 bits per heavy atom. The van der Waals surface area contributed by atoms with Gasteiger partial charge < -0.3 is 14.9 Å². The van der Waals surface area contributed by atoms with Gasteiger partial charge in [0.2, 0.25) is 19.8 Å². The molecule has 0 saturated carbocycles. The molecule has 1 aliphatic heterocycles. The van der Waals surface area contributed by atoms with Crippen LogP contribution in [-0.4, -0.2) is 32.6 Å². The molecule has 0 radical (unpaired) electrons. The van der Waals surface area contributed by atoms with E-state index in [1.807, 2.05) is 0 Å². The molecule has 0 aromatic heterocycles. The predicted octanol–water partition coefficient (Wildman–Crippen LogP) is 0.644. The van der Waals surface area contributed by atoms with E-state index in [-0.39, 0.29) is 13.0 Å². The molecule has 124 valence electrons. The number of carbonyl (C=O) groups excluding carboxylic acids is 3. The molecule has 1 aromatic carbocycles. The molecule has 1 aromatic rings. The first-order valence-electron chi connectivity index (χ1n) is 7.22. The number of rotatable bonds is 5. The van der Waals surface area contributed by atoms with Gasteiger partial charge in [0, 0.05) is 5.56 Å². The molecule has 0 spiro atoms. The number of imide groups is 1. The molecule has 8 heteroatoms. The zero-order valence-corrected chi connectivity index (χ0v) is 14.3. The number of carbonyl (C=O) groups is 3.